The summed E-state index contributed by atoms with van der Waals surface area (Å²) >= 11 is 0. The van der Waals surface area contributed by atoms with Crippen LogP contribution in [-0.2, 0) is 33.5 Å². The molecule has 0 saturated carbocycles. The van der Waals surface area contributed by atoms with Gasteiger partial charge in [-0.25, -0.2) is 9.59 Å². The molecule has 0 saturated heterocycles. The number of ether oxygens (including phenoxy) is 1. The molecular weight excluding hydrogens is 488 g/mol. The number of ketones is 1. The molecule has 0 aromatic heterocycles. The Morgan fingerprint density at radius 2 is 1.32 bits per heavy atom. The Labute approximate surface area is 217 Å². The molecule has 0 aromatic carbocycles. The van der Waals surface area contributed by atoms with Crippen LogP contribution in [0.3, 0.4) is 0 Å². The molecule has 13 heteroatoms. The standard InChI is InChI=1S/C24H42N4O9/c1-4-14-37-15-22(32)28-18(24(35)36)10-12-21(31)27-17(23(33)34)9-11-20(30)26-13-7-6-8-16(25-3)19(29)5-2/h16-18,25H,4-15H2,1-3H3,(H,26,30)(H,27,31)(H,28,32)(H,33,34)(H,35,36)/t16-,17-,18-/m0/s1. The van der Waals surface area contributed by atoms with Crippen LogP contribution in [0.2, 0.25) is 0 Å². The van der Waals surface area contributed by atoms with E-state index in [2.05, 4.69) is 21.3 Å². The van der Waals surface area contributed by atoms with Crippen molar-refractivity contribution in [3.05, 3.63) is 0 Å². The third-order valence-electron chi connectivity index (χ3n) is 5.50. The number of hydrogen-bond acceptors (Lipinski definition) is 8. The van der Waals surface area contributed by atoms with E-state index < -0.39 is 35.8 Å². The number of carboxylic acid groups (broad SMARTS) is 2. The summed E-state index contributed by atoms with van der Waals surface area (Å²) in [6.45, 7) is 4.08. The normalized spacial score (nSPS) is 13.2. The molecule has 0 aliphatic carbocycles. The first kappa shape index (κ1) is 33.9. The van der Waals surface area contributed by atoms with Gasteiger partial charge in [0.25, 0.3) is 0 Å². The van der Waals surface area contributed by atoms with Crippen molar-refractivity contribution >= 4 is 35.4 Å². The Morgan fingerprint density at radius 3 is 1.84 bits per heavy atom. The van der Waals surface area contributed by atoms with Crippen molar-refractivity contribution in [2.75, 3.05) is 26.8 Å². The van der Waals surface area contributed by atoms with E-state index in [0.717, 1.165) is 6.42 Å². The first-order valence-corrected chi connectivity index (χ1v) is 12.6. The molecule has 0 bridgehead atoms. The molecule has 6 N–H and O–H groups in total. The van der Waals surface area contributed by atoms with Crippen LogP contribution in [-0.4, -0.2) is 90.6 Å². The maximum absolute atomic E-state index is 12.2. The Kier molecular flexibility index (Phi) is 18.4. The molecule has 0 rings (SSSR count). The van der Waals surface area contributed by atoms with Gasteiger partial charge in [-0.1, -0.05) is 13.8 Å². The summed E-state index contributed by atoms with van der Waals surface area (Å²) in [5, 5.41) is 28.8. The molecule has 37 heavy (non-hydrogen) atoms. The summed E-state index contributed by atoms with van der Waals surface area (Å²) in [6.07, 6.45) is 2.34. The van der Waals surface area contributed by atoms with E-state index in [1.807, 2.05) is 6.92 Å². The highest BCUT2D eigenvalue weighted by atomic mass is 16.5. The fourth-order valence-corrected chi connectivity index (χ4v) is 3.38. The van der Waals surface area contributed by atoms with E-state index >= 15 is 0 Å². The zero-order chi connectivity index (χ0) is 28.2. The Hall–Kier alpha value is -3.06. The van der Waals surface area contributed by atoms with Crippen LogP contribution in [0.15, 0.2) is 0 Å². The number of nitrogens with one attached hydrogen (secondary N) is 4. The van der Waals surface area contributed by atoms with E-state index in [4.69, 9.17) is 4.74 Å². The van der Waals surface area contributed by atoms with E-state index in [1.165, 1.54) is 0 Å². The van der Waals surface area contributed by atoms with Crippen LogP contribution in [0.4, 0.5) is 0 Å². The van der Waals surface area contributed by atoms with Crippen molar-refractivity contribution in [2.45, 2.75) is 89.8 Å². The molecular formula is C24H42N4O9. The van der Waals surface area contributed by atoms with Gasteiger partial charge in [0.15, 0.2) is 0 Å². The Bertz CT molecular complexity index is 761. The minimum absolute atomic E-state index is 0.129. The van der Waals surface area contributed by atoms with Crippen molar-refractivity contribution in [1.82, 2.24) is 21.3 Å². The molecule has 212 valence electrons. The maximum Gasteiger partial charge on any atom is 0.326 e. The molecule has 0 fully saturated rings. The van der Waals surface area contributed by atoms with Crippen molar-refractivity contribution in [1.29, 1.82) is 0 Å². The monoisotopic (exact) mass is 530 g/mol. The second-order valence-electron chi connectivity index (χ2n) is 8.55. The third-order valence-corrected chi connectivity index (χ3v) is 5.50. The molecule has 0 aliphatic rings. The first-order valence-electron chi connectivity index (χ1n) is 12.6. The molecule has 13 nitrogen and oxygen atoms in total. The van der Waals surface area contributed by atoms with Gasteiger partial charge in [-0.3, -0.25) is 19.2 Å². The van der Waals surface area contributed by atoms with Gasteiger partial charge in [0.05, 0.1) is 6.04 Å². The lowest BCUT2D eigenvalue weighted by atomic mass is 10.0. The highest BCUT2D eigenvalue weighted by molar-refractivity contribution is 5.86. The number of Topliss-reactive ketones (excluding diaryl/α,β-unsaturated/α-hetero) is 1. The average molecular weight is 531 g/mol. The molecule has 0 radical (unpaired) electrons. The molecule has 3 atom stereocenters. The lowest BCUT2D eigenvalue weighted by molar-refractivity contribution is -0.144. The van der Waals surface area contributed by atoms with Gasteiger partial charge in [0.1, 0.15) is 24.5 Å². The molecule has 0 aromatic rings. The van der Waals surface area contributed by atoms with Gasteiger partial charge >= 0.3 is 11.9 Å². The van der Waals surface area contributed by atoms with Gasteiger partial charge in [-0.15, -0.1) is 0 Å². The fourth-order valence-electron chi connectivity index (χ4n) is 3.38. The number of hydrogen-bond donors (Lipinski definition) is 6. The van der Waals surface area contributed by atoms with Crippen LogP contribution < -0.4 is 21.3 Å². The summed E-state index contributed by atoms with van der Waals surface area (Å²) in [6, 6.07) is -2.86. The minimum Gasteiger partial charge on any atom is -0.480 e. The first-order chi connectivity index (χ1) is 17.5. The summed E-state index contributed by atoms with van der Waals surface area (Å²) in [4.78, 5) is 70.6. The van der Waals surface area contributed by atoms with E-state index in [-0.39, 0.29) is 50.0 Å². The number of amides is 3. The summed E-state index contributed by atoms with van der Waals surface area (Å²) in [5.41, 5.74) is 0. The van der Waals surface area contributed by atoms with Gasteiger partial charge in [-0.2, -0.15) is 0 Å². The van der Waals surface area contributed by atoms with Crippen LogP contribution in [0, 0.1) is 0 Å². The number of unbranched alkanes of at least 4 members (excludes halogenated alkanes) is 1. The van der Waals surface area contributed by atoms with E-state index in [0.29, 0.717) is 38.8 Å². The highest BCUT2D eigenvalue weighted by Crippen LogP contribution is 2.05. The van der Waals surface area contributed by atoms with E-state index in [1.54, 1.807) is 14.0 Å². The number of likely N-dealkylation sites (N-methyl/N-ethyl adjacent to an activating group) is 1. The van der Waals surface area contributed by atoms with Crippen LogP contribution in [0.25, 0.3) is 0 Å². The molecule has 0 spiro atoms. The zero-order valence-electron chi connectivity index (χ0n) is 22.0. The minimum atomic E-state index is -1.33. The average Bonchev–Trinajstić information content (AvgIpc) is 2.85. The number of carbonyl (C=O) groups excluding carboxylic acids is 4. The number of rotatable bonds is 22. The topological polar surface area (TPSA) is 200 Å². The fraction of sp³-hybridized carbons (Fsp3) is 0.750. The highest BCUT2D eigenvalue weighted by Gasteiger charge is 2.24. The molecule has 0 aliphatic heterocycles. The van der Waals surface area contributed by atoms with Crippen LogP contribution in [0.1, 0.15) is 71.6 Å². The van der Waals surface area contributed by atoms with Crippen molar-refractivity contribution in [3.8, 4) is 0 Å². The lowest BCUT2D eigenvalue weighted by Gasteiger charge is -2.17. The van der Waals surface area contributed by atoms with Gasteiger partial charge in [0, 0.05) is 32.4 Å². The van der Waals surface area contributed by atoms with Crippen molar-refractivity contribution < 1.29 is 43.7 Å². The predicted octanol–water partition coefficient (Wildman–Crippen LogP) is -0.0342. The summed E-state index contributed by atoms with van der Waals surface area (Å²) < 4.78 is 5.04. The van der Waals surface area contributed by atoms with Crippen molar-refractivity contribution in [2.24, 2.45) is 0 Å². The molecule has 0 heterocycles. The van der Waals surface area contributed by atoms with Crippen molar-refractivity contribution in [3.63, 3.8) is 0 Å². The van der Waals surface area contributed by atoms with Crippen LogP contribution in [0.5, 0.6) is 0 Å². The third kappa shape index (κ3) is 16.3. The lowest BCUT2D eigenvalue weighted by Crippen LogP contribution is -2.45. The van der Waals surface area contributed by atoms with Gasteiger partial charge in [0.2, 0.25) is 17.7 Å². The second kappa shape index (κ2) is 20.0. The summed E-state index contributed by atoms with van der Waals surface area (Å²) in [5.74, 6) is -4.23. The van der Waals surface area contributed by atoms with E-state index in [9.17, 15) is 39.0 Å². The Morgan fingerprint density at radius 1 is 0.757 bits per heavy atom. The largest absolute Gasteiger partial charge is 0.480 e. The van der Waals surface area contributed by atoms with Gasteiger partial charge < -0.3 is 36.2 Å². The molecule has 0 unspecified atom stereocenters. The number of aliphatic carboxylic acids is 2. The zero-order valence-corrected chi connectivity index (χ0v) is 22.0. The Balaban J connectivity index is 4.41. The smallest absolute Gasteiger partial charge is 0.326 e. The maximum atomic E-state index is 12.2. The molecule has 3 amide bonds. The summed E-state index contributed by atoms with van der Waals surface area (Å²) in [7, 11) is 1.73. The predicted molar refractivity (Wildman–Crippen MR) is 134 cm³/mol. The SMILES string of the molecule is CCCOCC(=O)N[C@@H](CCC(=O)N[C@@H](CCC(=O)NCCCC[C@H](NC)C(=O)CC)C(=O)O)C(=O)O. The van der Waals surface area contributed by atoms with Gasteiger partial charge in [-0.05, 0) is 45.6 Å². The quantitative estimate of drug-likeness (QED) is 0.103. The second-order valence-corrected chi connectivity index (χ2v) is 8.55. The van der Waals surface area contributed by atoms with Crippen LogP contribution >= 0.6 is 0 Å². The number of carbonyl (C=O) groups is 6. The number of carboxylic acids is 2.